The molecule has 2 saturated heterocycles. The molecule has 33 heavy (non-hydrogen) atoms. The number of likely N-dealkylation sites (tertiary alicyclic amines) is 1. The molecule has 1 aromatic rings. The highest BCUT2D eigenvalue weighted by Gasteiger charge is 2.28. The van der Waals surface area contributed by atoms with Crippen LogP contribution in [-0.2, 0) is 11.3 Å². The van der Waals surface area contributed by atoms with E-state index in [-0.39, 0.29) is 47.7 Å². The van der Waals surface area contributed by atoms with Gasteiger partial charge in [-0.3, -0.25) is 4.79 Å². The third kappa shape index (κ3) is 7.70. The van der Waals surface area contributed by atoms with Crippen molar-refractivity contribution in [1.29, 1.82) is 0 Å². The maximum absolute atomic E-state index is 14.8. The largest absolute Gasteiger partial charge is 0.367 e. The number of carbonyl (C=O) groups is 1. The average molecular weight is 575 g/mol. The average Bonchev–Trinajstić information content (AvgIpc) is 3.25. The van der Waals surface area contributed by atoms with Gasteiger partial charge < -0.3 is 25.3 Å². The Bertz CT molecular complexity index is 797. The van der Waals surface area contributed by atoms with Crippen LogP contribution in [-0.4, -0.2) is 80.1 Å². The molecule has 0 spiro atoms. The fraction of sp³-hybridized carbons (Fsp3) is 0.667. The van der Waals surface area contributed by atoms with Gasteiger partial charge in [0.2, 0.25) is 5.91 Å². The molecule has 7 nitrogen and oxygen atoms in total. The van der Waals surface area contributed by atoms with E-state index in [4.69, 9.17) is 0 Å². The van der Waals surface area contributed by atoms with Crippen molar-refractivity contribution in [1.82, 2.24) is 20.4 Å². The number of piperazine rings is 1. The summed E-state index contributed by atoms with van der Waals surface area (Å²) in [5.41, 5.74) is 1.53. The van der Waals surface area contributed by atoms with Crippen LogP contribution in [0.2, 0.25) is 0 Å². The van der Waals surface area contributed by atoms with Crippen molar-refractivity contribution >= 4 is 41.5 Å². The Morgan fingerprint density at radius 3 is 2.52 bits per heavy atom. The Labute approximate surface area is 215 Å². The lowest BCUT2D eigenvalue weighted by Crippen LogP contribution is -2.46. The number of carbonyl (C=O) groups excluding carboxylic acids is 1. The number of nitrogens with one attached hydrogen (secondary N) is 2. The highest BCUT2D eigenvalue weighted by molar-refractivity contribution is 14.0. The third-order valence-corrected chi connectivity index (χ3v) is 6.27. The van der Waals surface area contributed by atoms with E-state index in [1.807, 2.05) is 37.8 Å². The first-order valence-corrected chi connectivity index (χ1v) is 12.0. The lowest BCUT2D eigenvalue weighted by atomic mass is 10.1. The van der Waals surface area contributed by atoms with E-state index in [0.29, 0.717) is 24.7 Å². The first-order valence-electron chi connectivity index (χ1n) is 12.0. The van der Waals surface area contributed by atoms with Crippen LogP contribution in [0.25, 0.3) is 0 Å². The lowest BCUT2D eigenvalue weighted by Gasteiger charge is -2.35. The Balaban J connectivity index is 0.00000385. The molecule has 1 atom stereocenters. The summed E-state index contributed by atoms with van der Waals surface area (Å²) in [6, 6.07) is 5.63. The van der Waals surface area contributed by atoms with Gasteiger partial charge in [0.05, 0.1) is 12.2 Å². The van der Waals surface area contributed by atoms with Gasteiger partial charge in [-0.05, 0) is 37.6 Å². The number of benzene rings is 1. The molecule has 2 aliphatic rings. The fourth-order valence-electron chi connectivity index (χ4n) is 4.34. The SMILES string of the molecule is CCNC(=NCc1ccc(N2CCN(CC)CC2)c(F)c1)NC1CCN(C(=O)C(C)C)C1.I. The highest BCUT2D eigenvalue weighted by Crippen LogP contribution is 2.22. The second kappa shape index (κ2) is 13.3. The predicted molar refractivity (Wildman–Crippen MR) is 144 cm³/mol. The Kier molecular flexibility index (Phi) is 11.1. The third-order valence-electron chi connectivity index (χ3n) is 6.27. The van der Waals surface area contributed by atoms with E-state index >= 15 is 0 Å². The Hall–Kier alpha value is -1.62. The zero-order chi connectivity index (χ0) is 23.1. The Morgan fingerprint density at radius 1 is 1.18 bits per heavy atom. The molecule has 2 fully saturated rings. The monoisotopic (exact) mass is 574 g/mol. The number of anilines is 1. The molecule has 186 valence electrons. The molecule has 0 aliphatic carbocycles. The van der Waals surface area contributed by atoms with Crippen LogP contribution < -0.4 is 15.5 Å². The first-order chi connectivity index (χ1) is 15.4. The summed E-state index contributed by atoms with van der Waals surface area (Å²) in [5, 5.41) is 6.70. The summed E-state index contributed by atoms with van der Waals surface area (Å²) >= 11 is 0. The van der Waals surface area contributed by atoms with Crippen LogP contribution in [0.5, 0.6) is 0 Å². The predicted octanol–water partition coefficient (Wildman–Crippen LogP) is 2.90. The topological polar surface area (TPSA) is 63.2 Å². The first kappa shape index (κ1) is 27.6. The van der Waals surface area contributed by atoms with Gasteiger partial charge in [0, 0.05) is 57.8 Å². The van der Waals surface area contributed by atoms with Crippen LogP contribution in [0.3, 0.4) is 0 Å². The van der Waals surface area contributed by atoms with Gasteiger partial charge in [0.25, 0.3) is 0 Å². The molecule has 0 bridgehead atoms. The van der Waals surface area contributed by atoms with Gasteiger partial charge >= 0.3 is 0 Å². The van der Waals surface area contributed by atoms with Crippen molar-refractivity contribution in [3.8, 4) is 0 Å². The van der Waals surface area contributed by atoms with Gasteiger partial charge in [0.15, 0.2) is 5.96 Å². The van der Waals surface area contributed by atoms with E-state index in [1.54, 1.807) is 6.07 Å². The smallest absolute Gasteiger partial charge is 0.225 e. The Morgan fingerprint density at radius 2 is 1.91 bits per heavy atom. The number of amides is 1. The van der Waals surface area contributed by atoms with Crippen molar-refractivity contribution in [3.05, 3.63) is 29.6 Å². The minimum absolute atomic E-state index is 0. The van der Waals surface area contributed by atoms with Crippen LogP contribution in [0.15, 0.2) is 23.2 Å². The highest BCUT2D eigenvalue weighted by atomic mass is 127. The number of rotatable bonds is 7. The molecule has 0 aromatic heterocycles. The van der Waals surface area contributed by atoms with Crippen molar-refractivity contribution < 1.29 is 9.18 Å². The van der Waals surface area contributed by atoms with Gasteiger partial charge in [-0.15, -0.1) is 24.0 Å². The van der Waals surface area contributed by atoms with Crippen molar-refractivity contribution in [2.24, 2.45) is 10.9 Å². The molecular formula is C24H40FIN6O. The van der Waals surface area contributed by atoms with Gasteiger partial charge in [-0.1, -0.05) is 26.8 Å². The normalized spacial score (nSPS) is 19.6. The number of guanidine groups is 1. The second-order valence-corrected chi connectivity index (χ2v) is 8.97. The maximum atomic E-state index is 14.8. The summed E-state index contributed by atoms with van der Waals surface area (Å²) in [7, 11) is 0. The number of hydrogen-bond acceptors (Lipinski definition) is 4. The van der Waals surface area contributed by atoms with E-state index < -0.39 is 0 Å². The van der Waals surface area contributed by atoms with E-state index in [2.05, 4.69) is 32.3 Å². The molecule has 9 heteroatoms. The minimum Gasteiger partial charge on any atom is -0.367 e. The standard InChI is InChI=1S/C24H39FN6O.HI/c1-5-26-24(28-20-9-10-31(17-20)23(32)18(3)4)27-16-19-7-8-22(21(25)15-19)30-13-11-29(6-2)12-14-30;/h7-8,15,18,20H,5-6,9-14,16-17H2,1-4H3,(H2,26,27,28);1H. The summed E-state index contributed by atoms with van der Waals surface area (Å²) in [5.74, 6) is 0.739. The van der Waals surface area contributed by atoms with Crippen LogP contribution in [0, 0.1) is 11.7 Å². The van der Waals surface area contributed by atoms with Crippen LogP contribution >= 0.6 is 24.0 Å². The second-order valence-electron chi connectivity index (χ2n) is 8.97. The molecule has 0 radical (unpaired) electrons. The summed E-state index contributed by atoms with van der Waals surface area (Å²) in [6.07, 6.45) is 0.900. The van der Waals surface area contributed by atoms with Crippen LogP contribution in [0.4, 0.5) is 10.1 Å². The fourth-order valence-corrected chi connectivity index (χ4v) is 4.34. The quantitative estimate of drug-likeness (QED) is 0.298. The van der Waals surface area contributed by atoms with Crippen molar-refractivity contribution in [2.75, 3.05) is 57.3 Å². The van der Waals surface area contributed by atoms with Gasteiger partial charge in [-0.25, -0.2) is 9.38 Å². The number of aliphatic imine (C=N–C) groups is 1. The van der Waals surface area contributed by atoms with E-state index in [0.717, 1.165) is 57.8 Å². The van der Waals surface area contributed by atoms with Gasteiger partial charge in [0.1, 0.15) is 5.82 Å². The summed E-state index contributed by atoms with van der Waals surface area (Å²) < 4.78 is 14.8. The molecule has 2 aliphatic heterocycles. The minimum atomic E-state index is -0.181. The zero-order valence-electron chi connectivity index (χ0n) is 20.4. The number of halogens is 2. The molecule has 2 heterocycles. The molecule has 2 N–H and O–H groups in total. The van der Waals surface area contributed by atoms with E-state index in [1.165, 1.54) is 0 Å². The lowest BCUT2D eigenvalue weighted by molar-refractivity contribution is -0.133. The molecular weight excluding hydrogens is 534 g/mol. The number of hydrogen-bond donors (Lipinski definition) is 2. The molecule has 1 amide bonds. The number of nitrogens with zero attached hydrogens (tertiary/aromatic N) is 4. The summed E-state index contributed by atoms with van der Waals surface area (Å²) in [4.78, 5) is 23.3. The van der Waals surface area contributed by atoms with Gasteiger partial charge in [-0.2, -0.15) is 0 Å². The molecule has 1 aromatic carbocycles. The van der Waals surface area contributed by atoms with Crippen molar-refractivity contribution in [3.63, 3.8) is 0 Å². The molecule has 0 saturated carbocycles. The number of likely N-dealkylation sites (N-methyl/N-ethyl adjacent to an activating group) is 1. The zero-order valence-corrected chi connectivity index (χ0v) is 22.8. The molecule has 3 rings (SSSR count). The maximum Gasteiger partial charge on any atom is 0.225 e. The van der Waals surface area contributed by atoms with E-state index in [9.17, 15) is 9.18 Å². The summed E-state index contributed by atoms with van der Waals surface area (Å²) in [6.45, 7) is 15.4. The van der Waals surface area contributed by atoms with Crippen molar-refractivity contribution in [2.45, 2.75) is 46.7 Å². The molecule has 1 unspecified atom stereocenters. The van der Waals surface area contributed by atoms with Crippen LogP contribution in [0.1, 0.15) is 39.7 Å².